The predicted molar refractivity (Wildman–Crippen MR) is 92.4 cm³/mol. The Hall–Kier alpha value is -2.05. The van der Waals surface area contributed by atoms with Crippen LogP contribution in [0.25, 0.3) is 0 Å². The van der Waals surface area contributed by atoms with Crippen molar-refractivity contribution < 1.29 is 14.3 Å². The van der Waals surface area contributed by atoms with Crippen molar-refractivity contribution in [1.29, 1.82) is 0 Å². The Morgan fingerprint density at radius 3 is 2.46 bits per heavy atom. The maximum absolute atomic E-state index is 12.1. The van der Waals surface area contributed by atoms with Crippen LogP contribution in [-0.4, -0.2) is 59.3 Å². The average Bonchev–Trinajstić information content (AvgIpc) is 2.52. The van der Waals surface area contributed by atoms with E-state index in [9.17, 15) is 4.79 Å². The molecule has 1 amide bonds. The molecule has 134 valence electrons. The van der Waals surface area contributed by atoms with E-state index in [-0.39, 0.29) is 6.09 Å². The van der Waals surface area contributed by atoms with Crippen molar-refractivity contribution in [3.63, 3.8) is 0 Å². The number of nitrogens with zero attached hydrogens (tertiary/aromatic N) is 4. The van der Waals surface area contributed by atoms with E-state index in [1.54, 1.807) is 4.90 Å². The largest absolute Gasteiger partial charge is 0.477 e. The molecule has 1 aliphatic rings. The zero-order valence-electron chi connectivity index (χ0n) is 15.3. The summed E-state index contributed by atoms with van der Waals surface area (Å²) in [6.45, 7) is 13.1. The molecule has 1 saturated heterocycles. The average molecular weight is 336 g/mol. The van der Waals surface area contributed by atoms with Crippen LogP contribution in [0.4, 0.5) is 10.6 Å². The lowest BCUT2D eigenvalue weighted by Crippen LogP contribution is -2.50. The van der Waals surface area contributed by atoms with Gasteiger partial charge in [0, 0.05) is 32.2 Å². The van der Waals surface area contributed by atoms with E-state index in [2.05, 4.69) is 28.7 Å². The zero-order valence-corrected chi connectivity index (χ0v) is 15.3. The second-order valence-corrected chi connectivity index (χ2v) is 7.37. The van der Waals surface area contributed by atoms with Gasteiger partial charge in [-0.3, -0.25) is 0 Å². The van der Waals surface area contributed by atoms with Crippen LogP contribution in [0.3, 0.4) is 0 Å². The Labute approximate surface area is 144 Å². The van der Waals surface area contributed by atoms with Crippen LogP contribution < -0.4 is 9.64 Å². The normalized spacial score (nSPS) is 15.6. The Morgan fingerprint density at radius 1 is 1.21 bits per heavy atom. The molecule has 0 atom stereocenters. The molecule has 0 bridgehead atoms. The minimum absolute atomic E-state index is 0.259. The SMILES string of the molecule is CC(C)COc1cc(N2CCN(C(=O)OC(C)(C)C)CC2)ncn1. The van der Waals surface area contributed by atoms with Crippen LogP contribution >= 0.6 is 0 Å². The van der Waals surface area contributed by atoms with E-state index in [0.29, 0.717) is 44.6 Å². The molecular weight excluding hydrogens is 308 g/mol. The Morgan fingerprint density at radius 2 is 1.88 bits per heavy atom. The monoisotopic (exact) mass is 336 g/mol. The quantitative estimate of drug-likeness (QED) is 0.842. The molecule has 0 aromatic carbocycles. The number of carbonyl (C=O) groups excluding carboxylic acids is 1. The second kappa shape index (κ2) is 7.68. The number of piperazine rings is 1. The minimum Gasteiger partial charge on any atom is -0.477 e. The van der Waals surface area contributed by atoms with Gasteiger partial charge >= 0.3 is 6.09 Å². The third kappa shape index (κ3) is 5.54. The lowest BCUT2D eigenvalue weighted by Gasteiger charge is -2.36. The number of hydrogen-bond donors (Lipinski definition) is 0. The molecule has 7 heteroatoms. The highest BCUT2D eigenvalue weighted by atomic mass is 16.6. The van der Waals surface area contributed by atoms with Crippen LogP contribution in [0.5, 0.6) is 5.88 Å². The van der Waals surface area contributed by atoms with E-state index in [1.807, 2.05) is 26.8 Å². The van der Waals surface area contributed by atoms with E-state index < -0.39 is 5.60 Å². The van der Waals surface area contributed by atoms with Crippen molar-refractivity contribution in [3.05, 3.63) is 12.4 Å². The summed E-state index contributed by atoms with van der Waals surface area (Å²) in [6, 6.07) is 1.85. The molecule has 1 fully saturated rings. The predicted octanol–water partition coefficient (Wildman–Crippen LogP) is 2.57. The first-order valence-electron chi connectivity index (χ1n) is 8.42. The van der Waals surface area contributed by atoms with Gasteiger partial charge in [-0.05, 0) is 26.7 Å². The Bertz CT molecular complexity index is 549. The van der Waals surface area contributed by atoms with Crippen molar-refractivity contribution in [2.24, 2.45) is 5.92 Å². The van der Waals surface area contributed by atoms with Crippen LogP contribution in [0.1, 0.15) is 34.6 Å². The molecule has 1 aromatic heterocycles. The molecule has 1 aliphatic heterocycles. The first-order chi connectivity index (χ1) is 11.2. The maximum atomic E-state index is 12.1. The summed E-state index contributed by atoms with van der Waals surface area (Å²) in [5, 5.41) is 0. The maximum Gasteiger partial charge on any atom is 0.410 e. The van der Waals surface area contributed by atoms with Gasteiger partial charge in [-0.25, -0.2) is 14.8 Å². The van der Waals surface area contributed by atoms with Crippen LogP contribution in [0, 0.1) is 5.92 Å². The summed E-state index contributed by atoms with van der Waals surface area (Å²) in [6.07, 6.45) is 1.26. The molecule has 0 unspecified atom stereocenters. The summed E-state index contributed by atoms with van der Waals surface area (Å²) in [7, 11) is 0. The molecule has 0 N–H and O–H groups in total. The van der Waals surface area contributed by atoms with E-state index in [4.69, 9.17) is 9.47 Å². The fourth-order valence-corrected chi connectivity index (χ4v) is 2.28. The zero-order chi connectivity index (χ0) is 17.7. The molecular formula is C17H28N4O3. The molecule has 0 aliphatic carbocycles. The summed E-state index contributed by atoms with van der Waals surface area (Å²) in [5.41, 5.74) is -0.469. The summed E-state index contributed by atoms with van der Waals surface area (Å²) in [5.74, 6) is 1.86. The number of aromatic nitrogens is 2. The van der Waals surface area contributed by atoms with Crippen molar-refractivity contribution >= 4 is 11.9 Å². The van der Waals surface area contributed by atoms with Gasteiger partial charge in [-0.15, -0.1) is 0 Å². The first kappa shape index (κ1) is 18.3. The highest BCUT2D eigenvalue weighted by Crippen LogP contribution is 2.19. The van der Waals surface area contributed by atoms with Crippen LogP contribution in [0.15, 0.2) is 12.4 Å². The lowest BCUT2D eigenvalue weighted by atomic mass is 10.2. The van der Waals surface area contributed by atoms with Gasteiger partial charge in [0.15, 0.2) is 0 Å². The van der Waals surface area contributed by atoms with Gasteiger partial charge in [0.1, 0.15) is 17.7 Å². The van der Waals surface area contributed by atoms with E-state index in [0.717, 1.165) is 5.82 Å². The highest BCUT2D eigenvalue weighted by Gasteiger charge is 2.26. The fourth-order valence-electron chi connectivity index (χ4n) is 2.28. The molecule has 0 saturated carbocycles. The third-order valence-corrected chi connectivity index (χ3v) is 3.45. The molecule has 7 nitrogen and oxygen atoms in total. The van der Waals surface area contributed by atoms with Gasteiger partial charge in [0.2, 0.25) is 5.88 Å². The topological polar surface area (TPSA) is 67.8 Å². The van der Waals surface area contributed by atoms with Crippen molar-refractivity contribution in [2.45, 2.75) is 40.2 Å². The smallest absolute Gasteiger partial charge is 0.410 e. The standard InChI is InChI=1S/C17H28N4O3/c1-13(2)11-23-15-10-14(18-12-19-15)20-6-8-21(9-7-20)16(22)24-17(3,4)5/h10,12-13H,6-9,11H2,1-5H3. The molecule has 2 heterocycles. The lowest BCUT2D eigenvalue weighted by molar-refractivity contribution is 0.0240. The second-order valence-electron chi connectivity index (χ2n) is 7.37. The van der Waals surface area contributed by atoms with Gasteiger partial charge in [-0.1, -0.05) is 13.8 Å². The minimum atomic E-state index is -0.469. The number of carbonyl (C=O) groups is 1. The van der Waals surface area contributed by atoms with Crippen molar-refractivity contribution in [1.82, 2.24) is 14.9 Å². The number of hydrogen-bond acceptors (Lipinski definition) is 6. The fraction of sp³-hybridized carbons (Fsp3) is 0.706. The molecule has 0 spiro atoms. The number of rotatable bonds is 4. The first-order valence-corrected chi connectivity index (χ1v) is 8.42. The summed E-state index contributed by atoms with van der Waals surface area (Å²) < 4.78 is 11.1. The van der Waals surface area contributed by atoms with Crippen LogP contribution in [-0.2, 0) is 4.74 Å². The summed E-state index contributed by atoms with van der Waals surface area (Å²) >= 11 is 0. The van der Waals surface area contributed by atoms with Gasteiger partial charge in [-0.2, -0.15) is 0 Å². The Balaban J connectivity index is 1.90. The van der Waals surface area contributed by atoms with E-state index >= 15 is 0 Å². The van der Waals surface area contributed by atoms with Crippen LogP contribution in [0.2, 0.25) is 0 Å². The molecule has 2 rings (SSSR count). The van der Waals surface area contributed by atoms with Gasteiger partial charge < -0.3 is 19.3 Å². The number of amides is 1. The molecule has 24 heavy (non-hydrogen) atoms. The van der Waals surface area contributed by atoms with Gasteiger partial charge in [0.25, 0.3) is 0 Å². The molecule has 1 aromatic rings. The number of ether oxygens (including phenoxy) is 2. The molecule has 0 radical (unpaired) electrons. The number of anilines is 1. The third-order valence-electron chi connectivity index (χ3n) is 3.45. The highest BCUT2D eigenvalue weighted by molar-refractivity contribution is 5.68. The summed E-state index contributed by atoms with van der Waals surface area (Å²) in [4.78, 5) is 24.4. The van der Waals surface area contributed by atoms with E-state index in [1.165, 1.54) is 6.33 Å². The van der Waals surface area contributed by atoms with Gasteiger partial charge in [0.05, 0.1) is 6.61 Å². The van der Waals surface area contributed by atoms with Crippen molar-refractivity contribution in [2.75, 3.05) is 37.7 Å². The van der Waals surface area contributed by atoms with Crippen molar-refractivity contribution in [3.8, 4) is 5.88 Å². The Kier molecular flexibility index (Phi) is 5.85.